The first-order valence-electron chi connectivity index (χ1n) is 7.76. The molecule has 1 aromatic carbocycles. The number of carbonyl (C=O) groups excluding carboxylic acids is 1. The topological polar surface area (TPSA) is 66.5 Å². The van der Waals surface area contributed by atoms with Gasteiger partial charge in [0.05, 0.1) is 11.9 Å². The van der Waals surface area contributed by atoms with E-state index in [0.29, 0.717) is 5.69 Å². The van der Waals surface area contributed by atoms with E-state index in [1.807, 2.05) is 19.1 Å². The summed E-state index contributed by atoms with van der Waals surface area (Å²) in [4.78, 5) is 12.1. The van der Waals surface area contributed by atoms with Crippen LogP contribution in [0.1, 0.15) is 38.2 Å². The molecule has 5 nitrogen and oxygen atoms in total. The summed E-state index contributed by atoms with van der Waals surface area (Å²) >= 11 is 0. The number of rotatable bonds is 6. The molecule has 1 aliphatic rings. The van der Waals surface area contributed by atoms with Gasteiger partial charge >= 0.3 is 0 Å². The Labute approximate surface area is 132 Å². The summed E-state index contributed by atoms with van der Waals surface area (Å²) in [7, 11) is -3.49. The molecule has 1 aliphatic carbocycles. The molecule has 2 rings (SSSR count). The Morgan fingerprint density at radius 1 is 1.23 bits per heavy atom. The Bertz CT molecular complexity index is 605. The molecule has 1 fully saturated rings. The summed E-state index contributed by atoms with van der Waals surface area (Å²) in [5.74, 6) is -0.239. The van der Waals surface area contributed by atoms with Gasteiger partial charge in [-0.05, 0) is 37.0 Å². The minimum Gasteiger partial charge on any atom is -0.352 e. The average Bonchev–Trinajstić information content (AvgIpc) is 2.96. The zero-order chi connectivity index (χ0) is 16.2. The van der Waals surface area contributed by atoms with Crippen LogP contribution in [0.3, 0.4) is 0 Å². The van der Waals surface area contributed by atoms with Crippen LogP contribution in [0, 0.1) is 0 Å². The molecule has 0 radical (unpaired) electrons. The van der Waals surface area contributed by atoms with Crippen molar-refractivity contribution in [1.82, 2.24) is 5.32 Å². The van der Waals surface area contributed by atoms with Gasteiger partial charge < -0.3 is 5.32 Å². The number of aryl methyl sites for hydroxylation is 1. The van der Waals surface area contributed by atoms with Gasteiger partial charge in [0.1, 0.15) is 6.54 Å². The van der Waals surface area contributed by atoms with E-state index in [2.05, 4.69) is 5.32 Å². The predicted octanol–water partition coefficient (Wildman–Crippen LogP) is 2.07. The minimum absolute atomic E-state index is 0.166. The van der Waals surface area contributed by atoms with Crippen LogP contribution < -0.4 is 9.62 Å². The zero-order valence-electron chi connectivity index (χ0n) is 13.2. The van der Waals surface area contributed by atoms with Crippen molar-refractivity contribution < 1.29 is 13.2 Å². The van der Waals surface area contributed by atoms with Crippen molar-refractivity contribution in [2.45, 2.75) is 45.1 Å². The SMILES string of the molecule is CCc1ccc(N(CC(=O)NC2CCCC2)S(C)(=O)=O)cc1. The Kier molecular flexibility index (Phi) is 5.45. The van der Waals surface area contributed by atoms with Crippen molar-refractivity contribution in [2.75, 3.05) is 17.1 Å². The molecule has 122 valence electrons. The van der Waals surface area contributed by atoms with E-state index in [0.717, 1.165) is 48.2 Å². The maximum Gasteiger partial charge on any atom is 0.240 e. The second-order valence-corrected chi connectivity index (χ2v) is 7.75. The molecule has 1 saturated carbocycles. The molecule has 22 heavy (non-hydrogen) atoms. The lowest BCUT2D eigenvalue weighted by Crippen LogP contribution is -2.43. The van der Waals surface area contributed by atoms with E-state index in [1.165, 1.54) is 0 Å². The van der Waals surface area contributed by atoms with Crippen molar-refractivity contribution in [1.29, 1.82) is 0 Å². The summed E-state index contributed by atoms with van der Waals surface area (Å²) in [6.45, 7) is 1.87. The predicted molar refractivity (Wildman–Crippen MR) is 88.4 cm³/mol. The van der Waals surface area contributed by atoms with Crippen molar-refractivity contribution in [3.63, 3.8) is 0 Å². The standard InChI is InChI=1S/C16H24N2O3S/c1-3-13-8-10-15(11-9-13)18(22(2,20)21)12-16(19)17-14-6-4-5-7-14/h8-11,14H,3-7,12H2,1-2H3,(H,17,19). The number of hydrogen-bond acceptors (Lipinski definition) is 3. The third-order valence-corrected chi connectivity index (χ3v) is 5.18. The molecule has 0 unspecified atom stereocenters. The Hall–Kier alpha value is -1.56. The summed E-state index contributed by atoms with van der Waals surface area (Å²) in [6.07, 6.45) is 6.23. The molecule has 0 aliphatic heterocycles. The molecular formula is C16H24N2O3S. The van der Waals surface area contributed by atoms with E-state index in [-0.39, 0.29) is 18.5 Å². The van der Waals surface area contributed by atoms with E-state index in [9.17, 15) is 13.2 Å². The van der Waals surface area contributed by atoms with Gasteiger partial charge in [-0.3, -0.25) is 9.10 Å². The van der Waals surface area contributed by atoms with Gasteiger partial charge in [0.15, 0.2) is 0 Å². The molecule has 1 amide bonds. The lowest BCUT2D eigenvalue weighted by Gasteiger charge is -2.23. The number of hydrogen-bond donors (Lipinski definition) is 1. The van der Waals surface area contributed by atoms with Crippen LogP contribution in [0.25, 0.3) is 0 Å². The van der Waals surface area contributed by atoms with Gasteiger partial charge in [-0.1, -0.05) is 31.9 Å². The van der Waals surface area contributed by atoms with Crippen molar-refractivity contribution in [3.8, 4) is 0 Å². The van der Waals surface area contributed by atoms with Crippen LogP contribution in [0.15, 0.2) is 24.3 Å². The molecule has 0 aromatic heterocycles. The molecule has 0 heterocycles. The highest BCUT2D eigenvalue weighted by Crippen LogP contribution is 2.20. The Balaban J connectivity index is 2.10. The van der Waals surface area contributed by atoms with Crippen LogP contribution in [-0.4, -0.2) is 33.2 Å². The highest BCUT2D eigenvalue weighted by molar-refractivity contribution is 7.92. The Morgan fingerprint density at radius 2 is 1.82 bits per heavy atom. The van der Waals surface area contributed by atoms with Crippen molar-refractivity contribution in [2.24, 2.45) is 0 Å². The van der Waals surface area contributed by atoms with Crippen LogP contribution in [0.5, 0.6) is 0 Å². The minimum atomic E-state index is -3.49. The number of sulfonamides is 1. The average molecular weight is 324 g/mol. The molecule has 6 heteroatoms. The van der Waals surface area contributed by atoms with Crippen LogP contribution in [0.4, 0.5) is 5.69 Å². The number of nitrogens with one attached hydrogen (secondary N) is 1. The first-order chi connectivity index (χ1) is 10.4. The van der Waals surface area contributed by atoms with E-state index >= 15 is 0 Å². The fraction of sp³-hybridized carbons (Fsp3) is 0.562. The summed E-state index contributed by atoms with van der Waals surface area (Å²) < 4.78 is 25.2. The molecule has 0 spiro atoms. The normalized spacial score (nSPS) is 15.7. The lowest BCUT2D eigenvalue weighted by atomic mass is 10.1. The molecule has 1 aromatic rings. The largest absolute Gasteiger partial charge is 0.352 e. The van der Waals surface area contributed by atoms with Crippen LogP contribution in [-0.2, 0) is 21.2 Å². The monoisotopic (exact) mass is 324 g/mol. The first-order valence-corrected chi connectivity index (χ1v) is 9.61. The van der Waals surface area contributed by atoms with E-state index in [4.69, 9.17) is 0 Å². The molecule has 1 N–H and O–H groups in total. The third kappa shape index (κ3) is 4.47. The summed E-state index contributed by atoms with van der Waals surface area (Å²) in [6, 6.07) is 7.48. The number of carbonyl (C=O) groups is 1. The zero-order valence-corrected chi connectivity index (χ0v) is 14.0. The van der Waals surface area contributed by atoms with Gasteiger partial charge in [-0.2, -0.15) is 0 Å². The fourth-order valence-electron chi connectivity index (χ4n) is 2.77. The maximum atomic E-state index is 12.1. The second-order valence-electron chi connectivity index (χ2n) is 5.84. The highest BCUT2D eigenvalue weighted by Gasteiger charge is 2.23. The second kappa shape index (κ2) is 7.13. The highest BCUT2D eigenvalue weighted by atomic mass is 32.2. The van der Waals surface area contributed by atoms with Gasteiger partial charge in [0.2, 0.25) is 15.9 Å². The van der Waals surface area contributed by atoms with Crippen LogP contribution >= 0.6 is 0 Å². The number of anilines is 1. The smallest absolute Gasteiger partial charge is 0.240 e. The summed E-state index contributed by atoms with van der Waals surface area (Å²) in [5.41, 5.74) is 1.66. The maximum absolute atomic E-state index is 12.1. The van der Waals surface area contributed by atoms with Gasteiger partial charge in [-0.25, -0.2) is 8.42 Å². The fourth-order valence-corrected chi connectivity index (χ4v) is 3.63. The quantitative estimate of drug-likeness (QED) is 0.871. The van der Waals surface area contributed by atoms with E-state index < -0.39 is 10.0 Å². The Morgan fingerprint density at radius 3 is 2.32 bits per heavy atom. The molecule has 0 saturated heterocycles. The number of nitrogens with zero attached hydrogens (tertiary/aromatic N) is 1. The van der Waals surface area contributed by atoms with E-state index in [1.54, 1.807) is 12.1 Å². The molecule has 0 bridgehead atoms. The molecular weight excluding hydrogens is 300 g/mol. The van der Waals surface area contributed by atoms with Gasteiger partial charge in [-0.15, -0.1) is 0 Å². The van der Waals surface area contributed by atoms with Gasteiger partial charge in [0.25, 0.3) is 0 Å². The van der Waals surface area contributed by atoms with Crippen molar-refractivity contribution in [3.05, 3.63) is 29.8 Å². The van der Waals surface area contributed by atoms with Gasteiger partial charge in [0, 0.05) is 6.04 Å². The van der Waals surface area contributed by atoms with Crippen LogP contribution in [0.2, 0.25) is 0 Å². The lowest BCUT2D eigenvalue weighted by molar-refractivity contribution is -0.120. The third-order valence-electron chi connectivity index (χ3n) is 4.04. The number of benzene rings is 1. The number of amides is 1. The first kappa shape index (κ1) is 16.8. The van der Waals surface area contributed by atoms with Crippen molar-refractivity contribution >= 4 is 21.6 Å². The molecule has 0 atom stereocenters. The summed E-state index contributed by atoms with van der Waals surface area (Å²) in [5, 5.41) is 2.93.